The van der Waals surface area contributed by atoms with Crippen molar-refractivity contribution in [1.82, 2.24) is 0 Å². The highest BCUT2D eigenvalue weighted by Gasteiger charge is 2.45. The average molecular weight is 470 g/mol. The highest BCUT2D eigenvalue weighted by atomic mass is 16.7. The van der Waals surface area contributed by atoms with Gasteiger partial charge in [-0.15, -0.1) is 0 Å². The SMILES string of the molecule is CN(C)c1ccc(C#C/C=C/c2ccc([N+](=O)[O-])c(O[C@@H]3O[C@H](CO)[C@@H](O)[C@H](O)[C@H]3O)c2)cc1. The van der Waals surface area contributed by atoms with Crippen molar-refractivity contribution in [2.75, 3.05) is 25.6 Å². The van der Waals surface area contributed by atoms with Crippen molar-refractivity contribution in [3.63, 3.8) is 0 Å². The first-order chi connectivity index (χ1) is 16.2. The molecule has 0 spiro atoms. The lowest BCUT2D eigenvalue weighted by Gasteiger charge is -2.39. The molecule has 1 aliphatic heterocycles. The minimum absolute atomic E-state index is 0.219. The zero-order chi connectivity index (χ0) is 24.8. The molecule has 0 amide bonds. The van der Waals surface area contributed by atoms with Crippen molar-refractivity contribution in [1.29, 1.82) is 0 Å². The minimum Gasteiger partial charge on any atom is -0.455 e. The third-order valence-electron chi connectivity index (χ3n) is 5.23. The van der Waals surface area contributed by atoms with Gasteiger partial charge in [-0.2, -0.15) is 0 Å². The van der Waals surface area contributed by atoms with E-state index in [4.69, 9.17) is 9.47 Å². The van der Waals surface area contributed by atoms with Gasteiger partial charge >= 0.3 is 5.69 Å². The third-order valence-corrected chi connectivity index (χ3v) is 5.23. The van der Waals surface area contributed by atoms with Crippen molar-refractivity contribution in [3.8, 4) is 17.6 Å². The maximum absolute atomic E-state index is 11.4. The van der Waals surface area contributed by atoms with E-state index in [1.807, 2.05) is 43.3 Å². The molecule has 0 unspecified atom stereocenters. The number of hydrogen-bond acceptors (Lipinski definition) is 9. The maximum Gasteiger partial charge on any atom is 0.311 e. The first kappa shape index (κ1) is 25.2. The van der Waals surface area contributed by atoms with E-state index in [2.05, 4.69) is 11.8 Å². The number of aliphatic hydroxyl groups is 4. The number of anilines is 1. The van der Waals surface area contributed by atoms with Crippen LogP contribution in [0.1, 0.15) is 11.1 Å². The van der Waals surface area contributed by atoms with Crippen LogP contribution in [0.4, 0.5) is 11.4 Å². The van der Waals surface area contributed by atoms with E-state index < -0.39 is 42.2 Å². The van der Waals surface area contributed by atoms with E-state index in [9.17, 15) is 30.5 Å². The average Bonchev–Trinajstić information content (AvgIpc) is 2.82. The number of nitrogens with zero attached hydrogens (tertiary/aromatic N) is 2. The fourth-order valence-corrected chi connectivity index (χ4v) is 3.28. The van der Waals surface area contributed by atoms with Gasteiger partial charge in [0.2, 0.25) is 12.0 Å². The van der Waals surface area contributed by atoms with Crippen LogP contribution in [0.3, 0.4) is 0 Å². The standard InChI is InChI=1S/C24H26N2O8/c1-25(2)17-10-7-15(8-11-17)5-3-4-6-16-9-12-18(26(31)32)19(13-16)33-24-23(30)22(29)21(28)20(14-27)34-24/h4,6-13,20-24,27-30H,14H2,1-2H3/b6-4+/t20-,21-,22+,23-,24-/m1/s1. The predicted molar refractivity (Wildman–Crippen MR) is 124 cm³/mol. The highest BCUT2D eigenvalue weighted by Crippen LogP contribution is 2.32. The fraction of sp³-hybridized carbons (Fsp3) is 0.333. The van der Waals surface area contributed by atoms with E-state index in [-0.39, 0.29) is 11.4 Å². The summed E-state index contributed by atoms with van der Waals surface area (Å²) in [5.74, 6) is 5.67. The molecule has 180 valence electrons. The molecule has 0 bridgehead atoms. The summed E-state index contributed by atoms with van der Waals surface area (Å²) in [4.78, 5) is 12.7. The molecule has 0 aromatic heterocycles. The number of allylic oxidation sites excluding steroid dienone is 1. The minimum atomic E-state index is -1.69. The van der Waals surface area contributed by atoms with Crippen molar-refractivity contribution >= 4 is 17.5 Å². The molecule has 0 radical (unpaired) electrons. The lowest BCUT2D eigenvalue weighted by atomic mass is 9.99. The molecular weight excluding hydrogens is 444 g/mol. The first-order valence-corrected chi connectivity index (χ1v) is 10.4. The molecule has 2 aromatic carbocycles. The summed E-state index contributed by atoms with van der Waals surface area (Å²) < 4.78 is 10.8. The Kier molecular flexibility index (Phi) is 8.22. The van der Waals surface area contributed by atoms with E-state index in [1.54, 1.807) is 12.2 Å². The zero-order valence-corrected chi connectivity index (χ0v) is 18.6. The normalized spacial score (nSPS) is 24.4. The molecule has 0 aliphatic carbocycles. The molecule has 4 N–H and O–H groups in total. The Hall–Kier alpha value is -3.46. The van der Waals surface area contributed by atoms with Crippen LogP contribution in [0.15, 0.2) is 48.5 Å². The van der Waals surface area contributed by atoms with Gasteiger partial charge in [-0.05, 0) is 54.1 Å². The highest BCUT2D eigenvalue weighted by molar-refractivity contribution is 5.60. The summed E-state index contributed by atoms with van der Waals surface area (Å²) in [5, 5.41) is 50.7. The second-order valence-electron chi connectivity index (χ2n) is 7.84. The number of hydrogen-bond donors (Lipinski definition) is 4. The summed E-state index contributed by atoms with van der Waals surface area (Å²) >= 11 is 0. The van der Waals surface area contributed by atoms with Crippen LogP contribution in [0.2, 0.25) is 0 Å². The van der Waals surface area contributed by atoms with Crippen LogP contribution in [-0.4, -0.2) is 76.8 Å². The lowest BCUT2D eigenvalue weighted by molar-refractivity contribution is -0.387. The van der Waals surface area contributed by atoms with Crippen molar-refractivity contribution in [3.05, 3.63) is 69.8 Å². The molecule has 2 aromatic rings. The van der Waals surface area contributed by atoms with E-state index >= 15 is 0 Å². The van der Waals surface area contributed by atoms with Crippen LogP contribution >= 0.6 is 0 Å². The summed E-state index contributed by atoms with van der Waals surface area (Å²) in [6, 6.07) is 11.8. The van der Waals surface area contributed by atoms with Gasteiger partial charge in [0.1, 0.15) is 24.4 Å². The van der Waals surface area contributed by atoms with E-state index in [0.717, 1.165) is 11.3 Å². The number of nitro groups is 1. The van der Waals surface area contributed by atoms with E-state index in [1.165, 1.54) is 18.2 Å². The molecule has 5 atom stereocenters. The molecular formula is C24H26N2O8. The molecule has 10 nitrogen and oxygen atoms in total. The number of nitro benzene ring substituents is 1. The Balaban J connectivity index is 1.78. The quantitative estimate of drug-likeness (QED) is 0.275. The molecule has 10 heteroatoms. The number of aliphatic hydroxyl groups excluding tert-OH is 4. The summed E-state index contributed by atoms with van der Waals surface area (Å²) in [6.07, 6.45) is -4.46. The van der Waals surface area contributed by atoms with E-state index in [0.29, 0.717) is 5.56 Å². The number of ether oxygens (including phenoxy) is 2. The van der Waals surface area contributed by atoms with Crippen molar-refractivity contribution in [2.45, 2.75) is 30.7 Å². The van der Waals surface area contributed by atoms with Crippen LogP contribution in [0.5, 0.6) is 5.75 Å². The van der Waals surface area contributed by atoms with Gasteiger partial charge in [0.05, 0.1) is 11.5 Å². The second-order valence-corrected chi connectivity index (χ2v) is 7.84. The Morgan fingerprint density at radius 3 is 2.44 bits per heavy atom. The maximum atomic E-state index is 11.4. The molecule has 34 heavy (non-hydrogen) atoms. The molecule has 0 saturated carbocycles. The predicted octanol–water partition coefficient (Wildman–Crippen LogP) is 0.904. The Morgan fingerprint density at radius 2 is 1.82 bits per heavy atom. The molecule has 3 rings (SSSR count). The van der Waals surface area contributed by atoms with Crippen LogP contribution in [0.25, 0.3) is 6.08 Å². The van der Waals surface area contributed by atoms with Crippen LogP contribution in [-0.2, 0) is 4.74 Å². The zero-order valence-electron chi connectivity index (χ0n) is 18.6. The van der Waals surface area contributed by atoms with Crippen molar-refractivity contribution < 1.29 is 34.8 Å². The fourth-order valence-electron chi connectivity index (χ4n) is 3.28. The largest absolute Gasteiger partial charge is 0.455 e. The third kappa shape index (κ3) is 5.91. The van der Waals surface area contributed by atoms with Gasteiger partial charge in [0.25, 0.3) is 0 Å². The van der Waals surface area contributed by atoms with Gasteiger partial charge in [0, 0.05) is 31.4 Å². The summed E-state index contributed by atoms with van der Waals surface area (Å²) in [7, 11) is 3.90. The van der Waals surface area contributed by atoms with Crippen LogP contribution in [0, 0.1) is 22.0 Å². The Bertz CT molecular complexity index is 1090. The van der Waals surface area contributed by atoms with Gasteiger partial charge in [-0.3, -0.25) is 10.1 Å². The van der Waals surface area contributed by atoms with Gasteiger partial charge in [0.15, 0.2) is 0 Å². The van der Waals surface area contributed by atoms with Gasteiger partial charge < -0.3 is 34.8 Å². The molecule has 1 aliphatic rings. The molecule has 1 heterocycles. The Labute approximate surface area is 196 Å². The summed E-state index contributed by atoms with van der Waals surface area (Å²) in [6.45, 7) is -0.647. The number of rotatable bonds is 6. The molecule has 1 fully saturated rings. The number of benzene rings is 2. The van der Waals surface area contributed by atoms with Gasteiger partial charge in [-0.1, -0.05) is 11.8 Å². The molecule has 1 saturated heterocycles. The summed E-state index contributed by atoms with van der Waals surface area (Å²) in [5.41, 5.74) is 2.02. The van der Waals surface area contributed by atoms with Gasteiger partial charge in [-0.25, -0.2) is 0 Å². The second kappa shape index (κ2) is 11.1. The lowest BCUT2D eigenvalue weighted by Crippen LogP contribution is -2.60. The first-order valence-electron chi connectivity index (χ1n) is 10.4. The van der Waals surface area contributed by atoms with Crippen LogP contribution < -0.4 is 9.64 Å². The Morgan fingerprint density at radius 1 is 1.12 bits per heavy atom. The monoisotopic (exact) mass is 470 g/mol. The topological polar surface area (TPSA) is 146 Å². The smallest absolute Gasteiger partial charge is 0.311 e. The van der Waals surface area contributed by atoms with Crippen molar-refractivity contribution in [2.24, 2.45) is 0 Å².